The molecule has 0 fully saturated rings. The Kier molecular flexibility index (Phi) is 3.48. The van der Waals surface area contributed by atoms with Crippen molar-refractivity contribution in [3.05, 3.63) is 42.2 Å². The molecule has 1 aromatic heterocycles. The van der Waals surface area contributed by atoms with Crippen LogP contribution in [0.5, 0.6) is 0 Å². The summed E-state index contributed by atoms with van der Waals surface area (Å²) >= 11 is 0. The molecule has 19 heavy (non-hydrogen) atoms. The van der Waals surface area contributed by atoms with Crippen molar-refractivity contribution >= 4 is 17.3 Å². The molecule has 2 N–H and O–H groups in total. The minimum atomic E-state index is -0.175. The molecule has 96 valence electrons. The van der Waals surface area contributed by atoms with Crippen LogP contribution in [0.2, 0.25) is 0 Å². The number of benzene rings is 1. The number of rotatable bonds is 3. The number of amides is 1. The van der Waals surface area contributed by atoms with E-state index in [4.69, 9.17) is 11.0 Å². The van der Waals surface area contributed by atoms with Crippen LogP contribution in [-0.2, 0) is 11.3 Å². The number of hydrogen-bond donors (Lipinski definition) is 1. The van der Waals surface area contributed by atoms with Gasteiger partial charge in [0.25, 0.3) is 0 Å². The van der Waals surface area contributed by atoms with Gasteiger partial charge < -0.3 is 10.6 Å². The van der Waals surface area contributed by atoms with Crippen LogP contribution in [0.3, 0.4) is 0 Å². The van der Waals surface area contributed by atoms with Gasteiger partial charge in [-0.1, -0.05) is 12.1 Å². The van der Waals surface area contributed by atoms with Crippen molar-refractivity contribution in [2.45, 2.75) is 6.54 Å². The van der Waals surface area contributed by atoms with Crippen LogP contribution in [0.1, 0.15) is 5.56 Å². The summed E-state index contributed by atoms with van der Waals surface area (Å²) in [6, 6.07) is 9.01. The first-order valence-corrected chi connectivity index (χ1v) is 5.65. The van der Waals surface area contributed by atoms with Crippen LogP contribution in [0.15, 0.2) is 36.7 Å². The van der Waals surface area contributed by atoms with Crippen LogP contribution >= 0.6 is 0 Å². The number of nitrogen functional groups attached to an aromatic ring is 1. The summed E-state index contributed by atoms with van der Waals surface area (Å²) in [5, 5.41) is 13.0. The number of likely N-dealkylation sites (N-methyl/N-ethyl adjacent to an activating group) is 1. The molecule has 0 aliphatic rings. The third-order valence-electron chi connectivity index (χ3n) is 2.71. The topological polar surface area (TPSA) is 87.9 Å². The zero-order valence-electron chi connectivity index (χ0n) is 10.4. The van der Waals surface area contributed by atoms with E-state index in [1.165, 1.54) is 15.8 Å². The molecule has 0 atom stereocenters. The molecule has 0 bridgehead atoms. The molecule has 1 aromatic carbocycles. The van der Waals surface area contributed by atoms with Crippen molar-refractivity contribution in [2.75, 3.05) is 17.7 Å². The fraction of sp³-hybridized carbons (Fsp3) is 0.154. The van der Waals surface area contributed by atoms with Gasteiger partial charge >= 0.3 is 0 Å². The van der Waals surface area contributed by atoms with Gasteiger partial charge in [-0.25, -0.2) is 0 Å². The van der Waals surface area contributed by atoms with E-state index >= 15 is 0 Å². The van der Waals surface area contributed by atoms with Gasteiger partial charge in [0.15, 0.2) is 0 Å². The molecule has 0 saturated heterocycles. The van der Waals surface area contributed by atoms with Crippen LogP contribution in [0.25, 0.3) is 0 Å². The fourth-order valence-corrected chi connectivity index (χ4v) is 1.71. The highest BCUT2D eigenvalue weighted by Crippen LogP contribution is 2.18. The standard InChI is InChI=1S/C13H13N5O/c1-17(12-5-3-2-4-10(12)6-14)13(19)9-18-8-11(15)7-16-18/h2-5,7-8H,9,15H2,1H3. The molecule has 2 rings (SSSR count). The summed E-state index contributed by atoms with van der Waals surface area (Å²) in [5.74, 6) is -0.175. The molecule has 1 amide bonds. The molecular formula is C13H13N5O. The Hall–Kier alpha value is -2.81. The van der Waals surface area contributed by atoms with Crippen LogP contribution in [0, 0.1) is 11.3 Å². The van der Waals surface area contributed by atoms with Crippen molar-refractivity contribution in [1.29, 1.82) is 5.26 Å². The Balaban J connectivity index is 2.17. The molecule has 0 radical (unpaired) electrons. The first-order valence-electron chi connectivity index (χ1n) is 5.65. The van der Waals surface area contributed by atoms with Crippen molar-refractivity contribution in [2.24, 2.45) is 0 Å². The third kappa shape index (κ3) is 2.72. The molecule has 6 nitrogen and oxygen atoms in total. The summed E-state index contributed by atoms with van der Waals surface area (Å²) in [5.41, 5.74) is 7.08. The van der Waals surface area contributed by atoms with E-state index < -0.39 is 0 Å². The average molecular weight is 255 g/mol. The normalized spacial score (nSPS) is 9.89. The van der Waals surface area contributed by atoms with Gasteiger partial charge in [-0.05, 0) is 12.1 Å². The van der Waals surface area contributed by atoms with Gasteiger partial charge in [0.2, 0.25) is 5.91 Å². The zero-order chi connectivity index (χ0) is 13.8. The van der Waals surface area contributed by atoms with Crippen LogP contribution in [-0.4, -0.2) is 22.7 Å². The van der Waals surface area contributed by atoms with Gasteiger partial charge in [0, 0.05) is 13.2 Å². The lowest BCUT2D eigenvalue weighted by molar-refractivity contribution is -0.119. The molecule has 0 aliphatic carbocycles. The van der Waals surface area contributed by atoms with Gasteiger partial charge in [0.1, 0.15) is 12.6 Å². The van der Waals surface area contributed by atoms with Crippen LogP contribution in [0.4, 0.5) is 11.4 Å². The lowest BCUT2D eigenvalue weighted by Crippen LogP contribution is -2.30. The second kappa shape index (κ2) is 5.23. The molecular weight excluding hydrogens is 242 g/mol. The second-order valence-corrected chi connectivity index (χ2v) is 4.05. The zero-order valence-corrected chi connectivity index (χ0v) is 10.4. The highest BCUT2D eigenvalue weighted by Gasteiger charge is 2.14. The van der Waals surface area contributed by atoms with Crippen molar-refractivity contribution < 1.29 is 4.79 Å². The maximum absolute atomic E-state index is 12.1. The fourth-order valence-electron chi connectivity index (χ4n) is 1.71. The predicted octanol–water partition coefficient (Wildman–Crippen LogP) is 1.000. The molecule has 0 unspecified atom stereocenters. The molecule has 2 aromatic rings. The average Bonchev–Trinajstić information content (AvgIpc) is 2.83. The van der Waals surface area contributed by atoms with Gasteiger partial charge in [-0.15, -0.1) is 0 Å². The number of aromatic nitrogens is 2. The minimum Gasteiger partial charge on any atom is -0.396 e. The highest BCUT2D eigenvalue weighted by molar-refractivity contribution is 5.93. The number of para-hydroxylation sites is 1. The first-order chi connectivity index (χ1) is 9.11. The van der Waals surface area contributed by atoms with E-state index in [-0.39, 0.29) is 12.5 Å². The Morgan fingerprint density at radius 3 is 2.89 bits per heavy atom. The highest BCUT2D eigenvalue weighted by atomic mass is 16.2. The van der Waals surface area contributed by atoms with E-state index in [9.17, 15) is 4.79 Å². The SMILES string of the molecule is CN(C(=O)Cn1cc(N)cn1)c1ccccc1C#N. The molecule has 6 heteroatoms. The van der Waals surface area contributed by atoms with E-state index in [1.807, 2.05) is 0 Å². The van der Waals surface area contributed by atoms with Gasteiger partial charge in [0.05, 0.1) is 23.1 Å². The molecule has 0 saturated carbocycles. The number of carbonyl (C=O) groups excluding carboxylic acids is 1. The van der Waals surface area contributed by atoms with Crippen molar-refractivity contribution in [3.63, 3.8) is 0 Å². The lowest BCUT2D eigenvalue weighted by atomic mass is 10.2. The monoisotopic (exact) mass is 255 g/mol. The maximum Gasteiger partial charge on any atom is 0.248 e. The van der Waals surface area contributed by atoms with Gasteiger partial charge in [-0.2, -0.15) is 10.4 Å². The molecule has 0 aliphatic heterocycles. The number of nitriles is 1. The van der Waals surface area contributed by atoms with E-state index in [0.717, 1.165) is 0 Å². The minimum absolute atomic E-state index is 0.0768. The Morgan fingerprint density at radius 2 is 2.26 bits per heavy atom. The summed E-state index contributed by atoms with van der Waals surface area (Å²) in [6.45, 7) is 0.0768. The Labute approximate surface area is 110 Å². The first kappa shape index (κ1) is 12.6. The smallest absolute Gasteiger partial charge is 0.248 e. The molecule has 1 heterocycles. The van der Waals surface area contributed by atoms with E-state index in [2.05, 4.69) is 11.2 Å². The Bertz CT molecular complexity index is 640. The number of hydrogen-bond acceptors (Lipinski definition) is 4. The summed E-state index contributed by atoms with van der Waals surface area (Å²) in [7, 11) is 1.63. The maximum atomic E-state index is 12.1. The van der Waals surface area contributed by atoms with E-state index in [0.29, 0.717) is 16.9 Å². The van der Waals surface area contributed by atoms with Crippen LogP contribution < -0.4 is 10.6 Å². The largest absolute Gasteiger partial charge is 0.396 e. The summed E-state index contributed by atoms with van der Waals surface area (Å²) in [4.78, 5) is 13.5. The number of anilines is 2. The third-order valence-corrected chi connectivity index (χ3v) is 2.71. The second-order valence-electron chi connectivity index (χ2n) is 4.05. The number of nitrogens with two attached hydrogens (primary N) is 1. The molecule has 0 spiro atoms. The Morgan fingerprint density at radius 1 is 1.53 bits per heavy atom. The lowest BCUT2D eigenvalue weighted by Gasteiger charge is -2.18. The quantitative estimate of drug-likeness (QED) is 0.886. The van der Waals surface area contributed by atoms with E-state index in [1.54, 1.807) is 37.5 Å². The number of carbonyl (C=O) groups is 1. The summed E-state index contributed by atoms with van der Waals surface area (Å²) in [6.07, 6.45) is 3.07. The van der Waals surface area contributed by atoms with Gasteiger partial charge in [-0.3, -0.25) is 9.48 Å². The summed E-state index contributed by atoms with van der Waals surface area (Å²) < 4.78 is 1.46. The van der Waals surface area contributed by atoms with Crippen molar-refractivity contribution in [1.82, 2.24) is 9.78 Å². The predicted molar refractivity (Wildman–Crippen MR) is 71.2 cm³/mol. The van der Waals surface area contributed by atoms with Crippen molar-refractivity contribution in [3.8, 4) is 6.07 Å². The number of nitrogens with zero attached hydrogens (tertiary/aromatic N) is 4.